The number of rotatable bonds is 8. The molecule has 0 fully saturated rings. The molecule has 168 valence electrons. The third-order valence-electron chi connectivity index (χ3n) is 4.69. The molecule has 3 amide bonds. The van der Waals surface area contributed by atoms with E-state index < -0.39 is 12.1 Å². The van der Waals surface area contributed by atoms with Crippen LogP contribution in [0, 0.1) is 6.92 Å². The molecule has 0 spiro atoms. The number of anilines is 2. The Morgan fingerprint density at radius 2 is 1.84 bits per heavy atom. The van der Waals surface area contributed by atoms with E-state index in [1.807, 2.05) is 49.4 Å². The maximum atomic E-state index is 12.7. The molecule has 1 atom stereocenters. The molecule has 1 aromatic heterocycles. The van der Waals surface area contributed by atoms with E-state index >= 15 is 0 Å². The third-order valence-corrected chi connectivity index (χ3v) is 5.61. The first-order valence-electron chi connectivity index (χ1n) is 10.4. The predicted molar refractivity (Wildman–Crippen MR) is 126 cm³/mol. The number of carbonyl (C=O) groups excluding carboxylic acids is 3. The summed E-state index contributed by atoms with van der Waals surface area (Å²) in [7, 11) is 0. The van der Waals surface area contributed by atoms with Crippen LogP contribution < -0.4 is 16.0 Å². The summed E-state index contributed by atoms with van der Waals surface area (Å²) in [4.78, 5) is 40.9. The zero-order chi connectivity index (χ0) is 23.1. The van der Waals surface area contributed by atoms with Crippen molar-refractivity contribution in [1.82, 2.24) is 10.3 Å². The summed E-state index contributed by atoms with van der Waals surface area (Å²) >= 11 is 1.35. The molecule has 0 saturated heterocycles. The molecule has 2 aromatic carbocycles. The van der Waals surface area contributed by atoms with Crippen molar-refractivity contribution >= 4 is 50.3 Å². The monoisotopic (exact) mass is 454 g/mol. The average molecular weight is 455 g/mol. The van der Waals surface area contributed by atoms with Crippen molar-refractivity contribution in [3.05, 3.63) is 53.6 Å². The van der Waals surface area contributed by atoms with Crippen LogP contribution in [-0.2, 0) is 14.3 Å². The lowest BCUT2D eigenvalue weighted by Gasteiger charge is -2.19. The van der Waals surface area contributed by atoms with Crippen LogP contribution in [-0.4, -0.2) is 29.5 Å². The third kappa shape index (κ3) is 6.04. The molecule has 3 aromatic rings. The highest BCUT2D eigenvalue weighted by atomic mass is 32.1. The van der Waals surface area contributed by atoms with E-state index in [0.717, 1.165) is 21.3 Å². The summed E-state index contributed by atoms with van der Waals surface area (Å²) in [6.07, 6.45) is 0.398. The van der Waals surface area contributed by atoms with Gasteiger partial charge in [0, 0.05) is 12.1 Å². The Morgan fingerprint density at radius 1 is 1.09 bits per heavy atom. The van der Waals surface area contributed by atoms with E-state index in [9.17, 15) is 14.4 Å². The zero-order valence-electron chi connectivity index (χ0n) is 18.2. The summed E-state index contributed by atoms with van der Waals surface area (Å²) in [5.41, 5.74) is 3.04. The van der Waals surface area contributed by atoms with Gasteiger partial charge in [-0.25, -0.2) is 9.78 Å². The zero-order valence-corrected chi connectivity index (χ0v) is 19.0. The minimum Gasteiger partial charge on any atom is -0.466 e. The van der Waals surface area contributed by atoms with E-state index in [-0.39, 0.29) is 24.9 Å². The fourth-order valence-corrected chi connectivity index (χ4v) is 4.18. The lowest BCUT2D eigenvalue weighted by molar-refractivity contribution is -0.143. The molecule has 9 heteroatoms. The maximum absolute atomic E-state index is 12.7. The number of ether oxygens (including phenoxy) is 1. The van der Waals surface area contributed by atoms with Gasteiger partial charge in [-0.05, 0) is 37.1 Å². The van der Waals surface area contributed by atoms with Crippen LogP contribution in [0.4, 0.5) is 15.6 Å². The van der Waals surface area contributed by atoms with Crippen LogP contribution in [0.3, 0.4) is 0 Å². The van der Waals surface area contributed by atoms with Gasteiger partial charge in [0.05, 0.1) is 29.3 Å². The number of hydrogen-bond acceptors (Lipinski definition) is 6. The lowest BCUT2D eigenvalue weighted by Crippen LogP contribution is -2.34. The molecular formula is C23H26N4O4S. The normalized spacial score (nSPS) is 11.6. The van der Waals surface area contributed by atoms with Crippen molar-refractivity contribution in [2.24, 2.45) is 0 Å². The number of benzene rings is 2. The molecule has 1 heterocycles. The minimum absolute atomic E-state index is 0.0265. The van der Waals surface area contributed by atoms with E-state index in [0.29, 0.717) is 17.2 Å². The highest BCUT2D eigenvalue weighted by Crippen LogP contribution is 2.31. The number of thiazole rings is 1. The van der Waals surface area contributed by atoms with Crippen molar-refractivity contribution < 1.29 is 19.1 Å². The van der Waals surface area contributed by atoms with Gasteiger partial charge in [0.2, 0.25) is 5.91 Å². The number of esters is 1. The van der Waals surface area contributed by atoms with Gasteiger partial charge in [-0.1, -0.05) is 48.6 Å². The van der Waals surface area contributed by atoms with Gasteiger partial charge < -0.3 is 20.7 Å². The van der Waals surface area contributed by atoms with E-state index in [1.165, 1.54) is 11.3 Å². The Labute approximate surface area is 190 Å². The molecule has 3 N–H and O–H groups in total. The largest absolute Gasteiger partial charge is 0.466 e. The van der Waals surface area contributed by atoms with E-state index in [4.69, 9.17) is 4.74 Å². The van der Waals surface area contributed by atoms with Crippen molar-refractivity contribution in [2.45, 2.75) is 39.7 Å². The fourth-order valence-electron chi connectivity index (χ4n) is 3.18. The molecule has 32 heavy (non-hydrogen) atoms. The van der Waals surface area contributed by atoms with Gasteiger partial charge in [0.15, 0.2) is 5.13 Å². The van der Waals surface area contributed by atoms with Crippen molar-refractivity contribution in [3.63, 3.8) is 0 Å². The van der Waals surface area contributed by atoms with E-state index in [1.54, 1.807) is 13.8 Å². The number of carbonyl (C=O) groups is 3. The Bertz CT molecular complexity index is 1110. The number of aryl methyl sites for hydroxylation is 1. The Morgan fingerprint density at radius 3 is 2.53 bits per heavy atom. The van der Waals surface area contributed by atoms with Gasteiger partial charge in [-0.2, -0.15) is 0 Å². The van der Waals surface area contributed by atoms with Crippen LogP contribution in [0.15, 0.2) is 42.5 Å². The molecule has 0 unspecified atom stereocenters. The first kappa shape index (κ1) is 23.2. The molecule has 0 bridgehead atoms. The highest BCUT2D eigenvalue weighted by Gasteiger charge is 2.19. The lowest BCUT2D eigenvalue weighted by atomic mass is 10.0. The van der Waals surface area contributed by atoms with Gasteiger partial charge in [-0.15, -0.1) is 0 Å². The number of amides is 3. The molecular weight excluding hydrogens is 428 g/mol. The van der Waals surface area contributed by atoms with Crippen LogP contribution >= 0.6 is 11.3 Å². The topological polar surface area (TPSA) is 109 Å². The number of aromatic nitrogens is 1. The van der Waals surface area contributed by atoms with Crippen LogP contribution in [0.5, 0.6) is 0 Å². The second-order valence-electron chi connectivity index (χ2n) is 7.13. The number of nitrogens with one attached hydrogen (secondary N) is 3. The fraction of sp³-hybridized carbons (Fsp3) is 0.304. The summed E-state index contributed by atoms with van der Waals surface area (Å²) in [5, 5.41) is 8.98. The summed E-state index contributed by atoms with van der Waals surface area (Å²) in [6.45, 7) is 5.69. The van der Waals surface area contributed by atoms with E-state index in [2.05, 4.69) is 20.9 Å². The molecule has 0 aliphatic heterocycles. The number of hydrogen-bond donors (Lipinski definition) is 3. The van der Waals surface area contributed by atoms with Gasteiger partial charge >= 0.3 is 12.0 Å². The molecule has 0 aliphatic carbocycles. The maximum Gasteiger partial charge on any atom is 0.319 e. The van der Waals surface area contributed by atoms with Crippen molar-refractivity contribution in [1.29, 1.82) is 0 Å². The van der Waals surface area contributed by atoms with Crippen molar-refractivity contribution in [3.8, 4) is 0 Å². The molecule has 0 saturated carbocycles. The summed E-state index contributed by atoms with van der Waals surface area (Å²) in [5.74, 6) is -0.488. The standard InChI is InChI=1S/C23H26N4O4S/c1-4-19(28)26-23-27-21-14(3)11-16(12-18(21)32-23)24-22(30)25-17(13-20(29)31-5-2)15-9-7-6-8-10-15/h6-12,17H,4-5,13H2,1-3H3,(H2,24,25,30)(H,26,27,28)/t17-/m1/s1. The first-order chi connectivity index (χ1) is 15.4. The Kier molecular flexibility index (Phi) is 7.77. The molecule has 0 aliphatic rings. The Balaban J connectivity index is 1.75. The van der Waals surface area contributed by atoms with Crippen molar-refractivity contribution in [2.75, 3.05) is 17.2 Å². The molecule has 0 radical (unpaired) electrons. The number of nitrogens with zero attached hydrogens (tertiary/aromatic N) is 1. The van der Waals surface area contributed by atoms with Gasteiger partial charge in [0.1, 0.15) is 0 Å². The second kappa shape index (κ2) is 10.7. The second-order valence-corrected chi connectivity index (χ2v) is 8.16. The number of fused-ring (bicyclic) bond motifs is 1. The van der Waals surface area contributed by atoms with Gasteiger partial charge in [-0.3, -0.25) is 9.59 Å². The Hall–Kier alpha value is -3.46. The molecule has 3 rings (SSSR count). The smallest absolute Gasteiger partial charge is 0.319 e. The van der Waals surface area contributed by atoms with Crippen LogP contribution in [0.25, 0.3) is 10.2 Å². The van der Waals surface area contributed by atoms with Crippen LogP contribution in [0.1, 0.15) is 43.9 Å². The number of urea groups is 1. The SMILES string of the molecule is CCOC(=O)C[C@@H](NC(=O)Nc1cc(C)c2nc(NC(=O)CC)sc2c1)c1ccccc1. The average Bonchev–Trinajstić information content (AvgIpc) is 3.16. The minimum atomic E-state index is -0.528. The quantitative estimate of drug-likeness (QED) is 0.425. The van der Waals surface area contributed by atoms with Crippen LogP contribution in [0.2, 0.25) is 0 Å². The highest BCUT2D eigenvalue weighted by molar-refractivity contribution is 7.22. The van der Waals surface area contributed by atoms with Gasteiger partial charge in [0.25, 0.3) is 0 Å². The summed E-state index contributed by atoms with van der Waals surface area (Å²) in [6, 6.07) is 11.9. The first-order valence-corrected chi connectivity index (χ1v) is 11.2. The predicted octanol–water partition coefficient (Wildman–Crippen LogP) is 4.77. The molecule has 8 nitrogen and oxygen atoms in total. The summed E-state index contributed by atoms with van der Waals surface area (Å²) < 4.78 is 5.89.